The van der Waals surface area contributed by atoms with Crippen LogP contribution in [0.1, 0.15) is 54.2 Å². The number of esters is 1. The van der Waals surface area contributed by atoms with Crippen LogP contribution >= 0.6 is 39.5 Å². The van der Waals surface area contributed by atoms with Gasteiger partial charge < -0.3 is 15.4 Å². The molecule has 2 aromatic carbocycles. The first-order chi connectivity index (χ1) is 25.7. The van der Waals surface area contributed by atoms with Crippen molar-refractivity contribution in [2.24, 2.45) is 14.1 Å². The number of hydrogen-bond acceptors (Lipinski definition) is 10. The number of carbonyl (C=O) groups excluding carboxylic acids is 1. The first kappa shape index (κ1) is 36.8. The fourth-order valence-corrected chi connectivity index (χ4v) is 9.93. The number of anilines is 2. The van der Waals surface area contributed by atoms with Crippen LogP contribution in [0.5, 0.6) is 0 Å². The fraction of sp³-hybridized carbons (Fsp3) is 0.275. The Morgan fingerprint density at radius 3 is 1.72 bits per heavy atom. The molecule has 0 aliphatic carbocycles. The van der Waals surface area contributed by atoms with E-state index < -0.39 is 0 Å². The largest absolute Gasteiger partial charge is 0.465 e. The minimum Gasteiger partial charge on any atom is -0.465 e. The molecule has 2 aliphatic heterocycles. The third-order valence-electron chi connectivity index (χ3n) is 9.35. The molecule has 0 bridgehead atoms. The zero-order valence-corrected chi connectivity index (χ0v) is 33.5. The number of thioether (sulfide) groups is 2. The van der Waals surface area contributed by atoms with Gasteiger partial charge in [0.1, 0.15) is 23.0 Å². The predicted molar refractivity (Wildman–Crippen MR) is 220 cm³/mol. The Kier molecular flexibility index (Phi) is 11.2. The van der Waals surface area contributed by atoms with E-state index in [1.807, 2.05) is 115 Å². The van der Waals surface area contributed by atoms with Crippen molar-refractivity contribution < 1.29 is 9.53 Å². The van der Waals surface area contributed by atoms with E-state index in [2.05, 4.69) is 61.7 Å². The van der Waals surface area contributed by atoms with Gasteiger partial charge >= 0.3 is 5.97 Å². The van der Waals surface area contributed by atoms with Crippen molar-refractivity contribution in [2.75, 3.05) is 42.3 Å². The number of aromatic nitrogens is 6. The molecule has 10 nitrogen and oxygen atoms in total. The highest BCUT2D eigenvalue weighted by molar-refractivity contribution is 9.10. The average Bonchev–Trinajstić information content (AvgIpc) is 3.45. The molecule has 0 amide bonds. The highest BCUT2D eigenvalue weighted by Crippen LogP contribution is 2.48. The van der Waals surface area contributed by atoms with E-state index in [4.69, 9.17) is 14.9 Å². The Bertz CT molecular complexity index is 2240. The molecular formula is C40H41BrN8O2S2. The number of carbonyl (C=O) groups is 1. The van der Waals surface area contributed by atoms with Gasteiger partial charge in [0.15, 0.2) is 0 Å². The van der Waals surface area contributed by atoms with E-state index >= 15 is 0 Å². The smallest absolute Gasteiger partial charge is 0.337 e. The van der Waals surface area contributed by atoms with E-state index in [0.29, 0.717) is 5.56 Å². The van der Waals surface area contributed by atoms with Gasteiger partial charge in [-0.1, -0.05) is 40.2 Å². The summed E-state index contributed by atoms with van der Waals surface area (Å²) < 4.78 is 9.82. The van der Waals surface area contributed by atoms with Crippen LogP contribution in [0.4, 0.5) is 11.6 Å². The summed E-state index contributed by atoms with van der Waals surface area (Å²) in [6, 6.07) is 24.2. The van der Waals surface area contributed by atoms with Gasteiger partial charge in [-0.2, -0.15) is 10.2 Å². The number of fused-ring (bicyclic) bond motifs is 2. The van der Waals surface area contributed by atoms with E-state index in [9.17, 15) is 4.79 Å². The van der Waals surface area contributed by atoms with Crippen LogP contribution in [0.3, 0.4) is 0 Å². The van der Waals surface area contributed by atoms with E-state index in [0.717, 1.165) is 74.6 Å². The molecule has 53 heavy (non-hydrogen) atoms. The van der Waals surface area contributed by atoms with Crippen LogP contribution in [0.2, 0.25) is 0 Å². The molecule has 4 aromatic heterocycles. The lowest BCUT2D eigenvalue weighted by Crippen LogP contribution is -2.07. The lowest BCUT2D eigenvalue weighted by molar-refractivity contribution is 0.0600. The Labute approximate surface area is 326 Å². The van der Waals surface area contributed by atoms with Gasteiger partial charge in [0.05, 0.1) is 34.6 Å². The number of nitrogens with one attached hydrogen (secondary N) is 2. The minimum atomic E-state index is -0.318. The Morgan fingerprint density at radius 2 is 1.26 bits per heavy atom. The average molecular weight is 810 g/mol. The van der Waals surface area contributed by atoms with Crippen LogP contribution in [0.15, 0.2) is 89.7 Å². The molecule has 6 heterocycles. The maximum atomic E-state index is 11.9. The molecule has 0 saturated carbocycles. The predicted octanol–water partition coefficient (Wildman–Crippen LogP) is 8.63. The highest BCUT2D eigenvalue weighted by atomic mass is 79.9. The second-order valence-corrected chi connectivity index (χ2v) is 16.2. The second-order valence-electron chi connectivity index (χ2n) is 12.8. The first-order valence-electron chi connectivity index (χ1n) is 17.4. The summed E-state index contributed by atoms with van der Waals surface area (Å²) >= 11 is 7.42. The Hall–Kier alpha value is -4.59. The van der Waals surface area contributed by atoms with Crippen LogP contribution in [0.25, 0.3) is 22.8 Å². The van der Waals surface area contributed by atoms with Crippen molar-refractivity contribution in [3.05, 3.63) is 129 Å². The van der Waals surface area contributed by atoms with Crippen LogP contribution in [-0.2, 0) is 18.8 Å². The molecule has 0 fully saturated rings. The first-order valence-corrected chi connectivity index (χ1v) is 20.3. The molecule has 2 unspecified atom stereocenters. The number of methoxy groups -OCH3 is 1. The summed E-state index contributed by atoms with van der Waals surface area (Å²) in [6.07, 6.45) is 3.62. The maximum absolute atomic E-state index is 11.9. The zero-order chi connectivity index (χ0) is 37.1. The van der Waals surface area contributed by atoms with Gasteiger partial charge in [-0.05, 0) is 84.6 Å². The fourth-order valence-electron chi connectivity index (χ4n) is 6.88. The topological polar surface area (TPSA) is 112 Å². The highest BCUT2D eigenvalue weighted by Gasteiger charge is 2.32. The van der Waals surface area contributed by atoms with E-state index in [1.54, 1.807) is 6.20 Å². The molecule has 8 rings (SSSR count). The molecular weight excluding hydrogens is 769 g/mol. The van der Waals surface area contributed by atoms with Crippen molar-refractivity contribution in [1.82, 2.24) is 29.5 Å². The van der Waals surface area contributed by atoms with Crippen molar-refractivity contribution in [3.8, 4) is 22.8 Å². The van der Waals surface area contributed by atoms with Crippen LogP contribution < -0.4 is 10.6 Å². The summed E-state index contributed by atoms with van der Waals surface area (Å²) in [4.78, 5) is 21.0. The van der Waals surface area contributed by atoms with Crippen molar-refractivity contribution in [2.45, 2.75) is 24.3 Å². The standard InChI is InChI=1S/C21H22N4O2S.C19H19BrN4S/c1-13-12-14(21(26)27-3)7-8-15(13)19-17-18(16-6-4-5-9-22-16)24-25(2)20(17)23-10-11-28-19;1-12-11-13(20)6-7-14(12)18-16-17(15-5-3-4-8-21-15)23-24(2)19(16)22-9-10-25-18/h4-9,12,19,23H,10-11H2,1-3H3;3-8,11,18,22H,9-10H2,1-2H3. The quantitative estimate of drug-likeness (QED) is 0.164. The van der Waals surface area contributed by atoms with Crippen LogP contribution in [0, 0.1) is 13.8 Å². The van der Waals surface area contributed by atoms with Gasteiger partial charge in [-0.3, -0.25) is 19.3 Å². The number of pyridine rings is 2. The molecule has 0 radical (unpaired) electrons. The van der Waals surface area contributed by atoms with E-state index in [-0.39, 0.29) is 16.5 Å². The number of halogens is 1. The summed E-state index contributed by atoms with van der Waals surface area (Å²) in [7, 11) is 5.36. The van der Waals surface area contributed by atoms with Gasteiger partial charge in [-0.25, -0.2) is 4.79 Å². The normalized spacial score (nSPS) is 16.4. The van der Waals surface area contributed by atoms with Crippen LogP contribution in [-0.4, -0.2) is 67.2 Å². The molecule has 2 atom stereocenters. The van der Waals surface area contributed by atoms with Gasteiger partial charge in [0.2, 0.25) is 0 Å². The molecule has 2 aliphatic rings. The zero-order valence-electron chi connectivity index (χ0n) is 30.3. The SMILES string of the molecule is COC(=O)c1ccc(C2SCCNc3c2c(-c2ccccn2)nn3C)c(C)c1.Cc1cc(Br)ccc1C1SCCNc2c1c(-c1ccccn1)nn2C. The summed E-state index contributed by atoms with van der Waals surface area (Å²) in [5.74, 6) is 3.82. The third kappa shape index (κ3) is 7.60. The molecule has 0 saturated heterocycles. The summed E-state index contributed by atoms with van der Waals surface area (Å²) in [5, 5.41) is 17.0. The number of hydrogen-bond donors (Lipinski definition) is 2. The molecule has 6 aromatic rings. The maximum Gasteiger partial charge on any atom is 0.337 e. The van der Waals surface area contributed by atoms with Crippen molar-refractivity contribution >= 4 is 57.1 Å². The Morgan fingerprint density at radius 1 is 0.755 bits per heavy atom. The molecule has 2 N–H and O–H groups in total. The van der Waals surface area contributed by atoms with Crippen molar-refractivity contribution in [3.63, 3.8) is 0 Å². The number of benzene rings is 2. The number of ether oxygens (including phenoxy) is 1. The summed E-state index contributed by atoms with van der Waals surface area (Å²) in [6.45, 7) is 6.02. The van der Waals surface area contributed by atoms with Gasteiger partial charge in [0.25, 0.3) is 0 Å². The number of rotatable bonds is 5. The number of nitrogens with zero attached hydrogens (tertiary/aromatic N) is 6. The molecule has 272 valence electrons. The lowest BCUT2D eigenvalue weighted by atomic mass is 9.96. The van der Waals surface area contributed by atoms with Gasteiger partial charge in [-0.15, -0.1) is 23.5 Å². The third-order valence-corrected chi connectivity index (χ3v) is 12.4. The molecule has 13 heteroatoms. The van der Waals surface area contributed by atoms with E-state index in [1.165, 1.54) is 29.4 Å². The molecule has 0 spiro atoms. The number of aryl methyl sites for hydroxylation is 4. The summed E-state index contributed by atoms with van der Waals surface area (Å²) in [5.41, 5.74) is 11.4. The minimum absolute atomic E-state index is 0.0994. The Balaban J connectivity index is 0.000000165. The second kappa shape index (κ2) is 16.2. The lowest BCUT2D eigenvalue weighted by Gasteiger charge is -2.19. The monoisotopic (exact) mass is 808 g/mol. The van der Waals surface area contributed by atoms with Crippen molar-refractivity contribution in [1.29, 1.82) is 0 Å². The van der Waals surface area contributed by atoms with Gasteiger partial charge in [0, 0.05) is 66.7 Å².